The van der Waals surface area contributed by atoms with Gasteiger partial charge in [-0.2, -0.15) is 0 Å². The van der Waals surface area contributed by atoms with Crippen LogP contribution in [0.2, 0.25) is 4.34 Å². The number of benzene rings is 2. The average molecular weight is 500 g/mol. The van der Waals surface area contributed by atoms with Crippen molar-refractivity contribution in [3.63, 3.8) is 0 Å². The number of anilines is 2. The van der Waals surface area contributed by atoms with Gasteiger partial charge < -0.3 is 5.32 Å². The molecule has 0 fully saturated rings. The van der Waals surface area contributed by atoms with Crippen molar-refractivity contribution in [2.24, 2.45) is 0 Å². The van der Waals surface area contributed by atoms with Crippen molar-refractivity contribution in [1.82, 2.24) is 4.31 Å². The molecule has 3 rings (SSSR count). The van der Waals surface area contributed by atoms with Gasteiger partial charge in [0.05, 0.1) is 9.23 Å². The molecule has 164 valence electrons. The van der Waals surface area contributed by atoms with E-state index >= 15 is 0 Å². The third kappa shape index (κ3) is 5.43. The van der Waals surface area contributed by atoms with Crippen molar-refractivity contribution < 1.29 is 21.6 Å². The van der Waals surface area contributed by atoms with E-state index in [2.05, 4.69) is 10.0 Å². The molecule has 1 aromatic heterocycles. The molecule has 1 amide bonds. The van der Waals surface area contributed by atoms with Crippen LogP contribution >= 0.6 is 22.9 Å². The molecular weight excluding hydrogens is 482 g/mol. The second-order valence-electron chi connectivity index (χ2n) is 6.51. The van der Waals surface area contributed by atoms with Crippen LogP contribution in [0.1, 0.15) is 10.4 Å². The highest BCUT2D eigenvalue weighted by molar-refractivity contribution is 7.94. The van der Waals surface area contributed by atoms with Gasteiger partial charge in [-0.25, -0.2) is 21.1 Å². The zero-order valence-corrected chi connectivity index (χ0v) is 19.6. The van der Waals surface area contributed by atoms with Crippen LogP contribution in [0.3, 0.4) is 0 Å². The lowest BCUT2D eigenvalue weighted by molar-refractivity contribution is 0.102. The van der Waals surface area contributed by atoms with E-state index in [0.29, 0.717) is 10.0 Å². The Hall–Kier alpha value is -2.44. The van der Waals surface area contributed by atoms with Crippen molar-refractivity contribution in [3.05, 3.63) is 70.6 Å². The molecule has 8 nitrogen and oxygen atoms in total. The van der Waals surface area contributed by atoms with E-state index in [4.69, 9.17) is 11.6 Å². The minimum absolute atomic E-state index is 0.0498. The molecule has 0 aliphatic heterocycles. The first-order valence-electron chi connectivity index (χ1n) is 8.71. The average Bonchev–Trinajstić information content (AvgIpc) is 3.16. The zero-order valence-electron chi connectivity index (χ0n) is 16.4. The molecule has 0 aliphatic rings. The molecule has 31 heavy (non-hydrogen) atoms. The molecule has 0 spiro atoms. The molecule has 12 heteroatoms. The number of hydrogen-bond donors (Lipinski definition) is 2. The van der Waals surface area contributed by atoms with E-state index in [9.17, 15) is 21.6 Å². The van der Waals surface area contributed by atoms with E-state index in [0.717, 1.165) is 15.6 Å². The van der Waals surface area contributed by atoms with Gasteiger partial charge in [-0.1, -0.05) is 17.7 Å². The maximum Gasteiger partial charge on any atom is 0.271 e. The Labute approximate surface area is 189 Å². The zero-order chi connectivity index (χ0) is 22.8. The number of sulfonamides is 2. The third-order valence-electron chi connectivity index (χ3n) is 4.08. The Morgan fingerprint density at radius 2 is 1.61 bits per heavy atom. The van der Waals surface area contributed by atoms with Crippen molar-refractivity contribution in [2.75, 3.05) is 24.1 Å². The Kier molecular flexibility index (Phi) is 6.72. The highest BCUT2D eigenvalue weighted by atomic mass is 35.5. The lowest BCUT2D eigenvalue weighted by Crippen LogP contribution is -2.22. The number of thiophene rings is 1. The minimum Gasteiger partial charge on any atom is -0.322 e. The summed E-state index contributed by atoms with van der Waals surface area (Å²) in [5.74, 6) is -0.473. The highest BCUT2D eigenvalue weighted by Crippen LogP contribution is 2.27. The molecular formula is C19H18ClN3O5S3. The number of carbonyl (C=O) groups is 1. The first kappa shape index (κ1) is 23.2. The normalized spacial score (nSPS) is 12.0. The number of nitrogens with zero attached hydrogens (tertiary/aromatic N) is 1. The molecule has 2 aromatic carbocycles. The summed E-state index contributed by atoms with van der Waals surface area (Å²) in [6, 6.07) is 14.6. The third-order valence-corrected chi connectivity index (χ3v) is 9.00. The summed E-state index contributed by atoms with van der Waals surface area (Å²) >= 11 is 6.72. The van der Waals surface area contributed by atoms with E-state index in [1.165, 1.54) is 68.7 Å². The van der Waals surface area contributed by atoms with Crippen LogP contribution in [0, 0.1) is 0 Å². The van der Waals surface area contributed by atoms with Crippen molar-refractivity contribution >= 4 is 60.3 Å². The van der Waals surface area contributed by atoms with Gasteiger partial charge in [0, 0.05) is 31.0 Å². The van der Waals surface area contributed by atoms with Crippen LogP contribution in [0.25, 0.3) is 0 Å². The van der Waals surface area contributed by atoms with Crippen LogP contribution in [0.15, 0.2) is 69.8 Å². The van der Waals surface area contributed by atoms with Crippen LogP contribution in [-0.4, -0.2) is 41.1 Å². The van der Waals surface area contributed by atoms with Gasteiger partial charge in [0.2, 0.25) is 10.0 Å². The lowest BCUT2D eigenvalue weighted by atomic mass is 10.2. The molecule has 0 unspecified atom stereocenters. The van der Waals surface area contributed by atoms with Gasteiger partial charge in [0.1, 0.15) is 4.21 Å². The molecule has 0 atom stereocenters. The summed E-state index contributed by atoms with van der Waals surface area (Å²) in [6.45, 7) is 0. The summed E-state index contributed by atoms with van der Waals surface area (Å²) < 4.78 is 53.1. The molecule has 0 aliphatic carbocycles. The SMILES string of the molecule is CN(C)S(=O)(=O)c1cccc(NC(=O)c2ccc(NS(=O)(=O)c3ccc(Cl)s3)cc2)c1. The molecule has 3 aromatic rings. The maximum atomic E-state index is 12.5. The number of nitrogens with one attached hydrogen (secondary N) is 2. The smallest absolute Gasteiger partial charge is 0.271 e. The van der Waals surface area contributed by atoms with Gasteiger partial charge in [-0.15, -0.1) is 11.3 Å². The Bertz CT molecular complexity index is 1320. The van der Waals surface area contributed by atoms with Gasteiger partial charge >= 0.3 is 0 Å². The summed E-state index contributed by atoms with van der Waals surface area (Å²) in [5, 5.41) is 2.63. The molecule has 2 N–H and O–H groups in total. The van der Waals surface area contributed by atoms with Gasteiger partial charge in [0.25, 0.3) is 15.9 Å². The standard InChI is InChI=1S/C19H18ClN3O5S3/c1-23(2)31(27,28)16-5-3-4-15(12-16)21-19(24)13-6-8-14(9-7-13)22-30(25,26)18-11-10-17(20)29-18/h3-12,22H,1-2H3,(H,21,24). The van der Waals surface area contributed by atoms with Crippen molar-refractivity contribution in [3.8, 4) is 0 Å². The minimum atomic E-state index is -3.78. The molecule has 0 saturated carbocycles. The van der Waals surface area contributed by atoms with Gasteiger partial charge in [-0.05, 0) is 54.6 Å². The van der Waals surface area contributed by atoms with Gasteiger partial charge in [-0.3, -0.25) is 9.52 Å². The van der Waals surface area contributed by atoms with Crippen LogP contribution in [0.5, 0.6) is 0 Å². The second-order valence-corrected chi connectivity index (χ2v) is 12.3. The number of rotatable bonds is 7. The fraction of sp³-hybridized carbons (Fsp3) is 0.105. The topological polar surface area (TPSA) is 113 Å². The van der Waals surface area contributed by atoms with E-state index in [-0.39, 0.29) is 20.4 Å². The fourth-order valence-corrected chi connectivity index (χ4v) is 5.97. The quantitative estimate of drug-likeness (QED) is 0.514. The summed E-state index contributed by atoms with van der Waals surface area (Å²) in [7, 11) is -4.57. The monoisotopic (exact) mass is 499 g/mol. The fourth-order valence-electron chi connectivity index (χ4n) is 2.49. The first-order valence-corrected chi connectivity index (χ1v) is 12.8. The Morgan fingerprint density at radius 3 is 2.19 bits per heavy atom. The largest absolute Gasteiger partial charge is 0.322 e. The second kappa shape index (κ2) is 8.97. The number of hydrogen-bond acceptors (Lipinski definition) is 6. The molecule has 0 saturated heterocycles. The van der Waals surface area contributed by atoms with E-state index < -0.39 is 26.0 Å². The van der Waals surface area contributed by atoms with Crippen LogP contribution in [-0.2, 0) is 20.0 Å². The van der Waals surface area contributed by atoms with Gasteiger partial charge in [0.15, 0.2) is 0 Å². The predicted octanol–water partition coefficient (Wildman–Crippen LogP) is 3.70. The van der Waals surface area contributed by atoms with E-state index in [1.54, 1.807) is 6.07 Å². The first-order chi connectivity index (χ1) is 14.5. The summed E-state index contributed by atoms with van der Waals surface area (Å²) in [5.41, 5.74) is 0.857. The number of halogens is 1. The molecule has 0 bridgehead atoms. The molecule has 0 radical (unpaired) electrons. The number of amides is 1. The van der Waals surface area contributed by atoms with Crippen LogP contribution in [0.4, 0.5) is 11.4 Å². The summed E-state index contributed by atoms with van der Waals surface area (Å²) in [6.07, 6.45) is 0. The predicted molar refractivity (Wildman–Crippen MR) is 122 cm³/mol. The van der Waals surface area contributed by atoms with Crippen molar-refractivity contribution in [2.45, 2.75) is 9.10 Å². The van der Waals surface area contributed by atoms with Crippen LogP contribution < -0.4 is 10.0 Å². The van der Waals surface area contributed by atoms with Crippen molar-refractivity contribution in [1.29, 1.82) is 0 Å². The lowest BCUT2D eigenvalue weighted by Gasteiger charge is -2.13. The Balaban J connectivity index is 1.73. The number of carbonyl (C=O) groups excluding carboxylic acids is 1. The maximum absolute atomic E-state index is 12.5. The summed E-state index contributed by atoms with van der Waals surface area (Å²) in [4.78, 5) is 12.6. The highest BCUT2D eigenvalue weighted by Gasteiger charge is 2.19. The van der Waals surface area contributed by atoms with E-state index in [1.807, 2.05) is 0 Å². The molecule has 1 heterocycles. The Morgan fingerprint density at radius 1 is 0.935 bits per heavy atom.